The molecule has 0 saturated heterocycles. The molecule has 0 bridgehead atoms. The Hall–Kier alpha value is -2.15. The number of hydrogen-bond acceptors (Lipinski definition) is 2. The van der Waals surface area contributed by atoms with Crippen LogP contribution >= 0.6 is 0 Å². The van der Waals surface area contributed by atoms with Gasteiger partial charge in [-0.1, -0.05) is 86.2 Å². The van der Waals surface area contributed by atoms with E-state index >= 15 is 0 Å². The topological polar surface area (TPSA) is 37.3 Å². The minimum atomic E-state index is -1.80. The first-order chi connectivity index (χ1) is 10.3. The van der Waals surface area contributed by atoms with E-state index in [1.54, 1.807) is 48.5 Å². The SMILES string of the molecule is C[Si](C)(C)C#C[C@](O)(C(=O)c1ccccc1)c1ccccc1. The third-order valence-corrected chi connectivity index (χ3v) is 4.05. The molecule has 0 spiro atoms. The Kier molecular flexibility index (Phi) is 4.65. The summed E-state index contributed by atoms with van der Waals surface area (Å²) in [7, 11) is -1.72. The molecule has 3 heteroatoms. The Morgan fingerprint density at radius 3 is 1.95 bits per heavy atom. The van der Waals surface area contributed by atoms with E-state index in [2.05, 4.69) is 31.1 Å². The zero-order chi connectivity index (χ0) is 16.2. The van der Waals surface area contributed by atoms with Gasteiger partial charge in [0.15, 0.2) is 0 Å². The minimum Gasteiger partial charge on any atom is -0.367 e. The van der Waals surface area contributed by atoms with Crippen LogP contribution in [0.3, 0.4) is 0 Å². The van der Waals surface area contributed by atoms with Crippen molar-refractivity contribution in [2.45, 2.75) is 25.2 Å². The van der Waals surface area contributed by atoms with E-state index in [4.69, 9.17) is 0 Å². The molecule has 0 saturated carbocycles. The molecule has 0 unspecified atom stereocenters. The number of carbonyl (C=O) groups excluding carboxylic acids is 1. The number of ketones is 1. The van der Waals surface area contributed by atoms with Gasteiger partial charge in [-0.15, -0.1) is 5.54 Å². The Morgan fingerprint density at radius 2 is 1.45 bits per heavy atom. The highest BCUT2D eigenvalue weighted by molar-refractivity contribution is 6.83. The lowest BCUT2D eigenvalue weighted by molar-refractivity contribution is 0.0554. The first-order valence-electron chi connectivity index (χ1n) is 7.25. The summed E-state index contributed by atoms with van der Waals surface area (Å²) in [5.41, 5.74) is 2.29. The van der Waals surface area contributed by atoms with Gasteiger partial charge in [0.05, 0.1) is 0 Å². The summed E-state index contributed by atoms with van der Waals surface area (Å²) in [6.45, 7) is 6.25. The number of benzene rings is 2. The highest BCUT2D eigenvalue weighted by Gasteiger charge is 2.37. The number of aliphatic hydroxyl groups is 1. The summed E-state index contributed by atoms with van der Waals surface area (Å²) in [5, 5.41) is 11.1. The van der Waals surface area contributed by atoms with Crippen molar-refractivity contribution in [3.05, 3.63) is 71.8 Å². The lowest BCUT2D eigenvalue weighted by Gasteiger charge is -2.22. The van der Waals surface area contributed by atoms with Crippen LogP contribution in [0.1, 0.15) is 15.9 Å². The van der Waals surface area contributed by atoms with Gasteiger partial charge in [-0.25, -0.2) is 0 Å². The van der Waals surface area contributed by atoms with Gasteiger partial charge < -0.3 is 5.11 Å². The van der Waals surface area contributed by atoms with Crippen molar-refractivity contribution in [2.75, 3.05) is 0 Å². The van der Waals surface area contributed by atoms with Crippen molar-refractivity contribution in [1.29, 1.82) is 0 Å². The van der Waals surface area contributed by atoms with Crippen molar-refractivity contribution in [3.63, 3.8) is 0 Å². The van der Waals surface area contributed by atoms with Crippen LogP contribution < -0.4 is 0 Å². The number of rotatable bonds is 3. The van der Waals surface area contributed by atoms with Gasteiger partial charge in [0, 0.05) is 11.1 Å². The predicted octanol–water partition coefficient (Wildman–Crippen LogP) is 3.64. The normalized spacial score (nSPS) is 13.6. The third-order valence-electron chi connectivity index (χ3n) is 3.17. The zero-order valence-corrected chi connectivity index (χ0v) is 14.1. The zero-order valence-electron chi connectivity index (χ0n) is 13.1. The smallest absolute Gasteiger partial charge is 0.214 e. The van der Waals surface area contributed by atoms with Crippen LogP contribution in [-0.4, -0.2) is 19.0 Å². The Morgan fingerprint density at radius 1 is 0.955 bits per heavy atom. The summed E-state index contributed by atoms with van der Waals surface area (Å²) in [5.74, 6) is 2.48. The van der Waals surface area contributed by atoms with E-state index in [-0.39, 0.29) is 5.78 Å². The fraction of sp³-hybridized carbons (Fsp3) is 0.211. The summed E-state index contributed by atoms with van der Waals surface area (Å²) < 4.78 is 0. The van der Waals surface area contributed by atoms with Gasteiger partial charge in [-0.3, -0.25) is 4.79 Å². The molecule has 0 heterocycles. The van der Waals surface area contributed by atoms with Gasteiger partial charge in [0.1, 0.15) is 8.07 Å². The first kappa shape index (κ1) is 16.2. The van der Waals surface area contributed by atoms with Crippen molar-refractivity contribution in [3.8, 4) is 11.5 Å². The molecule has 112 valence electrons. The maximum absolute atomic E-state index is 12.8. The summed E-state index contributed by atoms with van der Waals surface area (Å²) >= 11 is 0. The standard InChI is InChI=1S/C19H20O2Si/c1-22(2,3)15-14-19(21,17-12-8-5-9-13-17)18(20)16-10-6-4-7-11-16/h4-13,21H,1-3H3/t19-/m1/s1. The fourth-order valence-corrected chi connectivity index (χ4v) is 2.57. The third kappa shape index (κ3) is 3.73. The summed E-state index contributed by atoms with van der Waals surface area (Å²) in [6.07, 6.45) is 0. The fourth-order valence-electron chi connectivity index (χ4n) is 2.02. The Labute approximate surface area is 132 Å². The first-order valence-corrected chi connectivity index (χ1v) is 10.7. The lowest BCUT2D eigenvalue weighted by Crippen LogP contribution is -2.35. The van der Waals surface area contributed by atoms with Gasteiger partial charge in [0.2, 0.25) is 11.4 Å². The van der Waals surface area contributed by atoms with Crippen molar-refractivity contribution in [1.82, 2.24) is 0 Å². The molecule has 1 N–H and O–H groups in total. The molecule has 0 aliphatic heterocycles. The van der Waals surface area contributed by atoms with Gasteiger partial charge in [0.25, 0.3) is 0 Å². The molecule has 0 fully saturated rings. The highest BCUT2D eigenvalue weighted by atomic mass is 28.3. The van der Waals surface area contributed by atoms with Crippen LogP contribution in [0.15, 0.2) is 60.7 Å². The van der Waals surface area contributed by atoms with Crippen molar-refractivity contribution < 1.29 is 9.90 Å². The van der Waals surface area contributed by atoms with Crippen LogP contribution in [0.4, 0.5) is 0 Å². The van der Waals surface area contributed by atoms with E-state index in [0.717, 1.165) is 0 Å². The molecule has 1 atom stereocenters. The summed E-state index contributed by atoms with van der Waals surface area (Å²) in [4.78, 5) is 12.8. The molecule has 0 aliphatic carbocycles. The molecular formula is C19H20O2Si. The average molecular weight is 308 g/mol. The van der Waals surface area contributed by atoms with Gasteiger partial charge >= 0.3 is 0 Å². The molecule has 2 rings (SSSR count). The van der Waals surface area contributed by atoms with Crippen LogP contribution in [0.2, 0.25) is 19.6 Å². The maximum Gasteiger partial charge on any atom is 0.214 e. The molecule has 2 nitrogen and oxygen atoms in total. The second-order valence-corrected chi connectivity index (χ2v) is 11.0. The molecule has 2 aromatic carbocycles. The molecular weight excluding hydrogens is 288 g/mol. The van der Waals surface area contributed by atoms with Gasteiger partial charge in [-0.2, -0.15) is 0 Å². The second kappa shape index (κ2) is 6.31. The van der Waals surface area contributed by atoms with Crippen LogP contribution in [0.25, 0.3) is 0 Å². The Bertz CT molecular complexity index is 706. The molecule has 0 aromatic heterocycles. The Balaban J connectivity index is 2.55. The van der Waals surface area contributed by atoms with Crippen molar-refractivity contribution >= 4 is 13.9 Å². The van der Waals surface area contributed by atoms with E-state index in [1.165, 1.54) is 0 Å². The van der Waals surface area contributed by atoms with Crippen LogP contribution in [0, 0.1) is 11.5 Å². The predicted molar refractivity (Wildman–Crippen MR) is 92.2 cm³/mol. The monoisotopic (exact) mass is 308 g/mol. The second-order valence-electron chi connectivity index (χ2n) is 6.27. The van der Waals surface area contributed by atoms with Crippen LogP contribution in [0.5, 0.6) is 0 Å². The molecule has 0 amide bonds. The van der Waals surface area contributed by atoms with Gasteiger partial charge in [-0.05, 0) is 0 Å². The van der Waals surface area contributed by atoms with E-state index in [0.29, 0.717) is 11.1 Å². The molecule has 2 aromatic rings. The number of Topliss-reactive ketones (excluding diaryl/α,β-unsaturated/α-hetero) is 1. The average Bonchev–Trinajstić information content (AvgIpc) is 2.53. The highest BCUT2D eigenvalue weighted by Crippen LogP contribution is 2.25. The number of carbonyl (C=O) groups is 1. The summed E-state index contributed by atoms with van der Waals surface area (Å²) in [6, 6.07) is 17.7. The van der Waals surface area contributed by atoms with E-state index in [9.17, 15) is 9.90 Å². The quantitative estimate of drug-likeness (QED) is 0.534. The van der Waals surface area contributed by atoms with E-state index < -0.39 is 13.7 Å². The minimum absolute atomic E-state index is 0.384. The number of hydrogen-bond donors (Lipinski definition) is 1. The molecule has 0 aliphatic rings. The molecule has 0 radical (unpaired) electrons. The van der Waals surface area contributed by atoms with Crippen LogP contribution in [-0.2, 0) is 5.60 Å². The van der Waals surface area contributed by atoms with E-state index in [1.807, 2.05) is 12.1 Å². The molecule has 22 heavy (non-hydrogen) atoms. The largest absolute Gasteiger partial charge is 0.367 e. The maximum atomic E-state index is 12.8. The lowest BCUT2D eigenvalue weighted by atomic mass is 9.87. The van der Waals surface area contributed by atoms with Crippen molar-refractivity contribution in [2.24, 2.45) is 0 Å².